The molecule has 1 aromatic heterocycles. The van der Waals surface area contributed by atoms with Gasteiger partial charge in [0, 0.05) is 32.2 Å². The minimum Gasteiger partial charge on any atom is -0.459 e. The number of carbonyl (C=O) groups excluding carboxylic acids is 1. The van der Waals surface area contributed by atoms with E-state index in [1.807, 2.05) is 19.1 Å². The predicted molar refractivity (Wildman–Crippen MR) is 126 cm³/mol. The predicted octanol–water partition coefficient (Wildman–Crippen LogP) is 3.77. The van der Waals surface area contributed by atoms with E-state index >= 15 is 0 Å². The lowest BCUT2D eigenvalue weighted by Crippen LogP contribution is -2.38. The molecule has 2 rings (SSSR count). The molecular formula is C21H28F3IN4O3. The second-order valence-corrected chi connectivity index (χ2v) is 6.82. The summed E-state index contributed by atoms with van der Waals surface area (Å²) in [6, 6.07) is 8.83. The van der Waals surface area contributed by atoms with Crippen LogP contribution in [0.1, 0.15) is 33.7 Å². The van der Waals surface area contributed by atoms with Gasteiger partial charge in [-0.1, -0.05) is 24.3 Å². The molecule has 1 amide bonds. The summed E-state index contributed by atoms with van der Waals surface area (Å²) in [5, 5.41) is 9.10. The summed E-state index contributed by atoms with van der Waals surface area (Å²) < 4.78 is 46.1. The monoisotopic (exact) mass is 568 g/mol. The van der Waals surface area contributed by atoms with Gasteiger partial charge in [-0.25, -0.2) is 0 Å². The number of halogens is 4. The van der Waals surface area contributed by atoms with Crippen molar-refractivity contribution >= 4 is 35.8 Å². The lowest BCUT2D eigenvalue weighted by atomic mass is 10.1. The van der Waals surface area contributed by atoms with Crippen LogP contribution in [-0.4, -0.2) is 44.8 Å². The van der Waals surface area contributed by atoms with Crippen molar-refractivity contribution in [3.05, 3.63) is 59.0 Å². The lowest BCUT2D eigenvalue weighted by Gasteiger charge is -2.12. The van der Waals surface area contributed by atoms with E-state index in [1.54, 1.807) is 25.2 Å². The number of nitrogens with zero attached hydrogens (tertiary/aromatic N) is 1. The Kier molecular flexibility index (Phi) is 12.1. The molecule has 0 fully saturated rings. The molecular weight excluding hydrogens is 540 g/mol. The summed E-state index contributed by atoms with van der Waals surface area (Å²) in [5.41, 5.74) is 2.41. The molecule has 2 aromatic rings. The van der Waals surface area contributed by atoms with Gasteiger partial charge in [0.1, 0.15) is 6.61 Å². The van der Waals surface area contributed by atoms with Crippen LogP contribution in [0.4, 0.5) is 13.2 Å². The zero-order valence-electron chi connectivity index (χ0n) is 17.9. The van der Waals surface area contributed by atoms with Crippen molar-refractivity contribution in [2.75, 3.05) is 26.7 Å². The largest absolute Gasteiger partial charge is 0.459 e. The minimum absolute atomic E-state index is 0. The van der Waals surface area contributed by atoms with Crippen LogP contribution in [0.2, 0.25) is 0 Å². The van der Waals surface area contributed by atoms with Crippen molar-refractivity contribution in [2.45, 2.75) is 32.7 Å². The summed E-state index contributed by atoms with van der Waals surface area (Å²) >= 11 is 0. The van der Waals surface area contributed by atoms with Gasteiger partial charge in [-0.3, -0.25) is 9.79 Å². The van der Waals surface area contributed by atoms with Gasteiger partial charge in [-0.15, -0.1) is 24.0 Å². The maximum Gasteiger partial charge on any atom is 0.411 e. The highest BCUT2D eigenvalue weighted by Gasteiger charge is 2.27. The number of aliphatic imine (C=N–C) groups is 1. The molecule has 0 spiro atoms. The molecule has 178 valence electrons. The second kappa shape index (κ2) is 14.0. The number of benzene rings is 1. The standard InChI is InChI=1S/C21H27F3N4O3.HI/c1-15-8-11-31-18(15)19(29)26-9-3-10-27-20(25-2)28-12-16-4-6-17(7-5-16)13-30-14-21(22,23)24;/h4-8,11H,3,9-10,12-14H2,1-2H3,(H,26,29)(H2,25,27,28);1H. The summed E-state index contributed by atoms with van der Waals surface area (Å²) in [7, 11) is 1.65. The van der Waals surface area contributed by atoms with Crippen LogP contribution in [0.15, 0.2) is 46.0 Å². The van der Waals surface area contributed by atoms with Crippen molar-refractivity contribution in [1.82, 2.24) is 16.0 Å². The van der Waals surface area contributed by atoms with Crippen molar-refractivity contribution < 1.29 is 27.1 Å². The molecule has 0 radical (unpaired) electrons. The molecule has 0 bridgehead atoms. The summed E-state index contributed by atoms with van der Waals surface area (Å²) in [6.07, 6.45) is -2.15. The van der Waals surface area contributed by atoms with Crippen LogP contribution in [0, 0.1) is 6.92 Å². The molecule has 1 heterocycles. The third-order valence-electron chi connectivity index (χ3n) is 4.24. The number of ether oxygens (including phenoxy) is 1. The fourth-order valence-electron chi connectivity index (χ4n) is 2.63. The zero-order valence-corrected chi connectivity index (χ0v) is 20.3. The van der Waals surface area contributed by atoms with E-state index in [0.29, 0.717) is 43.3 Å². The van der Waals surface area contributed by atoms with E-state index in [-0.39, 0.29) is 36.5 Å². The van der Waals surface area contributed by atoms with Crippen molar-refractivity contribution in [3.8, 4) is 0 Å². The lowest BCUT2D eigenvalue weighted by molar-refractivity contribution is -0.176. The third-order valence-corrected chi connectivity index (χ3v) is 4.24. The Bertz CT molecular complexity index is 855. The Morgan fingerprint density at radius 2 is 1.72 bits per heavy atom. The van der Waals surface area contributed by atoms with Gasteiger partial charge in [0.15, 0.2) is 11.7 Å². The molecule has 0 unspecified atom stereocenters. The number of nitrogens with one attached hydrogen (secondary N) is 3. The highest BCUT2D eigenvalue weighted by Crippen LogP contribution is 2.15. The molecule has 3 N–H and O–H groups in total. The summed E-state index contributed by atoms with van der Waals surface area (Å²) in [5.74, 6) is 0.687. The topological polar surface area (TPSA) is 87.9 Å². The van der Waals surface area contributed by atoms with Crippen LogP contribution >= 0.6 is 24.0 Å². The molecule has 0 atom stereocenters. The van der Waals surface area contributed by atoms with E-state index in [4.69, 9.17) is 4.42 Å². The molecule has 1 aromatic carbocycles. The van der Waals surface area contributed by atoms with E-state index in [1.165, 1.54) is 6.26 Å². The van der Waals surface area contributed by atoms with Gasteiger partial charge >= 0.3 is 6.18 Å². The van der Waals surface area contributed by atoms with E-state index < -0.39 is 12.8 Å². The van der Waals surface area contributed by atoms with Gasteiger partial charge in [-0.2, -0.15) is 13.2 Å². The van der Waals surface area contributed by atoms with E-state index in [2.05, 4.69) is 25.7 Å². The summed E-state index contributed by atoms with van der Waals surface area (Å²) in [4.78, 5) is 16.1. The van der Waals surface area contributed by atoms with Crippen LogP contribution in [-0.2, 0) is 17.9 Å². The first-order chi connectivity index (χ1) is 14.8. The number of hydrogen-bond acceptors (Lipinski definition) is 4. The van der Waals surface area contributed by atoms with Crippen molar-refractivity contribution in [2.24, 2.45) is 4.99 Å². The molecule has 11 heteroatoms. The molecule has 0 aliphatic heterocycles. The SMILES string of the molecule is CN=C(NCCCNC(=O)c1occc1C)NCc1ccc(COCC(F)(F)F)cc1.I. The van der Waals surface area contributed by atoms with Crippen LogP contribution in [0.3, 0.4) is 0 Å². The number of alkyl halides is 3. The Morgan fingerprint density at radius 3 is 2.31 bits per heavy atom. The number of carbonyl (C=O) groups is 1. The molecule has 0 saturated carbocycles. The maximum atomic E-state index is 12.1. The maximum absolute atomic E-state index is 12.1. The van der Waals surface area contributed by atoms with Gasteiger partial charge in [0.05, 0.1) is 12.9 Å². The highest BCUT2D eigenvalue weighted by molar-refractivity contribution is 14.0. The third kappa shape index (κ3) is 10.4. The number of hydrogen-bond donors (Lipinski definition) is 3. The first-order valence-electron chi connectivity index (χ1n) is 9.77. The van der Waals surface area contributed by atoms with Crippen molar-refractivity contribution in [3.63, 3.8) is 0 Å². The number of furan rings is 1. The highest BCUT2D eigenvalue weighted by atomic mass is 127. The second-order valence-electron chi connectivity index (χ2n) is 6.82. The van der Waals surface area contributed by atoms with Gasteiger partial charge < -0.3 is 25.1 Å². The minimum atomic E-state index is -4.32. The summed E-state index contributed by atoms with van der Waals surface area (Å²) in [6.45, 7) is 2.05. The van der Waals surface area contributed by atoms with Crippen molar-refractivity contribution in [1.29, 1.82) is 0 Å². The number of aryl methyl sites for hydroxylation is 1. The Morgan fingerprint density at radius 1 is 1.06 bits per heavy atom. The molecule has 0 aliphatic carbocycles. The van der Waals surface area contributed by atoms with Crippen LogP contribution in [0.25, 0.3) is 0 Å². The van der Waals surface area contributed by atoms with Gasteiger partial charge in [-0.05, 0) is 30.5 Å². The van der Waals surface area contributed by atoms with E-state index in [9.17, 15) is 18.0 Å². The molecule has 7 nitrogen and oxygen atoms in total. The quantitative estimate of drug-likeness (QED) is 0.176. The first kappa shape index (κ1) is 27.8. The van der Waals surface area contributed by atoms with Gasteiger partial charge in [0.25, 0.3) is 5.91 Å². The van der Waals surface area contributed by atoms with Crippen LogP contribution < -0.4 is 16.0 Å². The van der Waals surface area contributed by atoms with Gasteiger partial charge in [0.2, 0.25) is 0 Å². The zero-order chi connectivity index (χ0) is 22.7. The molecule has 0 saturated heterocycles. The smallest absolute Gasteiger partial charge is 0.411 e. The fraction of sp³-hybridized carbons (Fsp3) is 0.429. The number of amides is 1. The average Bonchev–Trinajstić information content (AvgIpc) is 3.16. The molecule has 32 heavy (non-hydrogen) atoms. The van der Waals surface area contributed by atoms with E-state index in [0.717, 1.165) is 11.1 Å². The first-order valence-corrected chi connectivity index (χ1v) is 9.77. The Hall–Kier alpha value is -2.28. The Labute approximate surface area is 202 Å². The normalized spacial score (nSPS) is 11.6. The molecule has 0 aliphatic rings. The Balaban J connectivity index is 0.00000512. The number of guanidine groups is 1. The number of rotatable bonds is 10. The average molecular weight is 568 g/mol. The fourth-order valence-corrected chi connectivity index (χ4v) is 2.63. The van der Waals surface area contributed by atoms with Crippen LogP contribution in [0.5, 0.6) is 0 Å².